The minimum Gasteiger partial charge on any atom is -0.301 e. The molecule has 0 radical (unpaired) electrons. The van der Waals surface area contributed by atoms with Gasteiger partial charge in [-0.15, -0.1) is 22.7 Å². The van der Waals surface area contributed by atoms with Crippen LogP contribution in [0.5, 0.6) is 0 Å². The molecule has 3 aromatic rings. The van der Waals surface area contributed by atoms with Crippen molar-refractivity contribution in [3.63, 3.8) is 0 Å². The summed E-state index contributed by atoms with van der Waals surface area (Å²) in [5.74, 6) is -0.348. The Morgan fingerprint density at radius 3 is 2.85 bits per heavy atom. The van der Waals surface area contributed by atoms with Gasteiger partial charge in [0.25, 0.3) is 5.91 Å². The zero-order valence-electron chi connectivity index (χ0n) is 13.7. The van der Waals surface area contributed by atoms with Crippen LogP contribution < -0.4 is 5.32 Å². The molecule has 4 nitrogen and oxygen atoms in total. The monoisotopic (exact) mass is 397 g/mol. The van der Waals surface area contributed by atoms with Gasteiger partial charge in [-0.25, -0.2) is 4.98 Å². The number of anilines is 1. The molecule has 0 saturated carbocycles. The summed E-state index contributed by atoms with van der Waals surface area (Å²) < 4.78 is 39.1. The minimum absolute atomic E-state index is 0.348. The van der Waals surface area contributed by atoms with E-state index < -0.39 is 11.7 Å². The number of nitrogens with zero attached hydrogens (tertiary/aromatic N) is 2. The number of rotatable bonds is 2. The van der Waals surface area contributed by atoms with Gasteiger partial charge in [0.2, 0.25) is 0 Å². The SMILES string of the molecule is CN1CCc2nc(NC(=O)c3cc4cc(C(F)(F)F)ccc4s3)sc2C1. The molecule has 9 heteroatoms. The van der Waals surface area contributed by atoms with Gasteiger partial charge >= 0.3 is 6.18 Å². The van der Waals surface area contributed by atoms with E-state index in [1.54, 1.807) is 0 Å². The highest BCUT2D eigenvalue weighted by molar-refractivity contribution is 7.21. The number of thiophene rings is 1. The van der Waals surface area contributed by atoms with Crippen LogP contribution in [0, 0.1) is 0 Å². The van der Waals surface area contributed by atoms with Crippen LogP contribution >= 0.6 is 22.7 Å². The molecule has 0 fully saturated rings. The summed E-state index contributed by atoms with van der Waals surface area (Å²) >= 11 is 2.61. The molecule has 26 heavy (non-hydrogen) atoms. The summed E-state index contributed by atoms with van der Waals surface area (Å²) in [6.45, 7) is 1.74. The number of hydrogen-bond acceptors (Lipinski definition) is 5. The lowest BCUT2D eigenvalue weighted by atomic mass is 10.1. The Bertz CT molecular complexity index is 993. The first-order chi connectivity index (χ1) is 12.3. The van der Waals surface area contributed by atoms with Crippen LogP contribution in [0.4, 0.5) is 18.3 Å². The number of alkyl halides is 3. The standard InChI is InChI=1S/C17H14F3N3OS2/c1-23-5-4-11-14(8-23)26-16(21-11)22-15(24)13-7-9-6-10(17(18,19)20)2-3-12(9)25-13/h2-3,6-7H,4-5,8H2,1H3,(H,21,22,24). The molecule has 0 atom stereocenters. The van der Waals surface area contributed by atoms with Crippen molar-refractivity contribution in [3.05, 3.63) is 45.3 Å². The van der Waals surface area contributed by atoms with Crippen molar-refractivity contribution < 1.29 is 18.0 Å². The van der Waals surface area contributed by atoms with E-state index in [9.17, 15) is 18.0 Å². The number of benzene rings is 1. The van der Waals surface area contributed by atoms with E-state index in [0.717, 1.165) is 42.2 Å². The third-order valence-corrected chi connectivity index (χ3v) is 6.32. The highest BCUT2D eigenvalue weighted by atomic mass is 32.1. The van der Waals surface area contributed by atoms with Crippen LogP contribution in [-0.4, -0.2) is 29.4 Å². The van der Waals surface area contributed by atoms with Gasteiger partial charge in [-0.05, 0) is 36.7 Å². The number of hydrogen-bond donors (Lipinski definition) is 1. The first-order valence-corrected chi connectivity index (χ1v) is 9.52. The third-order valence-electron chi connectivity index (χ3n) is 4.21. The molecule has 2 aromatic heterocycles. The van der Waals surface area contributed by atoms with Crippen LogP contribution in [0.3, 0.4) is 0 Å². The fourth-order valence-corrected chi connectivity index (χ4v) is 4.89. The van der Waals surface area contributed by atoms with E-state index >= 15 is 0 Å². The molecule has 0 unspecified atom stereocenters. The number of halogens is 3. The lowest BCUT2D eigenvalue weighted by Crippen LogP contribution is -2.25. The molecule has 3 heterocycles. The molecule has 1 N–H and O–H groups in total. The van der Waals surface area contributed by atoms with Crippen LogP contribution in [-0.2, 0) is 19.1 Å². The van der Waals surface area contributed by atoms with Gasteiger partial charge in [0, 0.05) is 29.1 Å². The number of nitrogens with one attached hydrogen (secondary N) is 1. The van der Waals surface area contributed by atoms with Gasteiger partial charge in [-0.2, -0.15) is 13.2 Å². The predicted molar refractivity (Wildman–Crippen MR) is 96.9 cm³/mol. The summed E-state index contributed by atoms with van der Waals surface area (Å²) in [6.07, 6.45) is -3.55. The van der Waals surface area contributed by atoms with Crippen LogP contribution in [0.25, 0.3) is 10.1 Å². The van der Waals surface area contributed by atoms with E-state index in [-0.39, 0.29) is 5.91 Å². The fraction of sp³-hybridized carbons (Fsp3) is 0.294. The highest BCUT2D eigenvalue weighted by Crippen LogP contribution is 2.35. The summed E-state index contributed by atoms with van der Waals surface area (Å²) in [5.41, 5.74) is 0.293. The summed E-state index contributed by atoms with van der Waals surface area (Å²) in [6, 6.07) is 5.00. The Kier molecular flexibility index (Phi) is 4.25. The van der Waals surface area contributed by atoms with E-state index in [4.69, 9.17) is 0 Å². The maximum Gasteiger partial charge on any atom is 0.416 e. The van der Waals surface area contributed by atoms with Crippen molar-refractivity contribution in [2.75, 3.05) is 18.9 Å². The van der Waals surface area contributed by atoms with Crippen LogP contribution in [0.1, 0.15) is 25.8 Å². The van der Waals surface area contributed by atoms with Crippen molar-refractivity contribution >= 4 is 43.8 Å². The number of aromatic nitrogens is 1. The second-order valence-corrected chi connectivity index (χ2v) is 8.36. The Morgan fingerprint density at radius 2 is 2.08 bits per heavy atom. The first-order valence-electron chi connectivity index (χ1n) is 7.89. The second kappa shape index (κ2) is 6.33. The average molecular weight is 397 g/mol. The number of thiazole rings is 1. The smallest absolute Gasteiger partial charge is 0.301 e. The highest BCUT2D eigenvalue weighted by Gasteiger charge is 2.30. The van der Waals surface area contributed by atoms with Gasteiger partial charge in [-0.1, -0.05) is 0 Å². The van der Waals surface area contributed by atoms with E-state index in [2.05, 4.69) is 15.2 Å². The van der Waals surface area contributed by atoms with Crippen LogP contribution in [0.15, 0.2) is 24.3 Å². The summed E-state index contributed by atoms with van der Waals surface area (Å²) in [5, 5.41) is 3.72. The summed E-state index contributed by atoms with van der Waals surface area (Å²) in [7, 11) is 2.04. The molecule has 136 valence electrons. The van der Waals surface area contributed by atoms with Gasteiger partial charge in [-0.3, -0.25) is 10.1 Å². The van der Waals surface area contributed by atoms with Crippen molar-refractivity contribution in [2.45, 2.75) is 19.1 Å². The van der Waals surface area contributed by atoms with Crippen molar-refractivity contribution in [1.82, 2.24) is 9.88 Å². The zero-order chi connectivity index (χ0) is 18.5. The Hall–Kier alpha value is -1.97. The number of amides is 1. The summed E-state index contributed by atoms with van der Waals surface area (Å²) in [4.78, 5) is 20.6. The molecule has 1 aliphatic rings. The predicted octanol–water partition coefficient (Wildman–Crippen LogP) is 4.62. The second-order valence-electron chi connectivity index (χ2n) is 6.19. The van der Waals surface area contributed by atoms with Crippen LogP contribution in [0.2, 0.25) is 0 Å². The van der Waals surface area contributed by atoms with E-state index in [1.807, 2.05) is 7.05 Å². The quantitative estimate of drug-likeness (QED) is 0.687. The Balaban J connectivity index is 1.57. The lowest BCUT2D eigenvalue weighted by Gasteiger charge is -2.20. The fourth-order valence-electron chi connectivity index (χ4n) is 2.87. The molecule has 0 bridgehead atoms. The van der Waals surface area contributed by atoms with E-state index in [1.165, 1.54) is 34.8 Å². The normalized spacial score (nSPS) is 15.2. The van der Waals surface area contributed by atoms with Gasteiger partial charge in [0.1, 0.15) is 0 Å². The van der Waals surface area contributed by atoms with Crippen molar-refractivity contribution in [1.29, 1.82) is 0 Å². The number of carbonyl (C=O) groups is 1. The molecular formula is C17H14F3N3OS2. The third kappa shape index (κ3) is 3.34. The number of likely N-dealkylation sites (N-methyl/N-ethyl adjacent to an activating group) is 1. The van der Waals surface area contributed by atoms with Crippen molar-refractivity contribution in [2.24, 2.45) is 0 Å². The maximum absolute atomic E-state index is 12.8. The molecule has 1 amide bonds. The average Bonchev–Trinajstić information content (AvgIpc) is 3.15. The molecule has 0 spiro atoms. The topological polar surface area (TPSA) is 45.2 Å². The molecule has 4 rings (SSSR count). The van der Waals surface area contributed by atoms with E-state index in [0.29, 0.717) is 20.1 Å². The molecule has 1 aromatic carbocycles. The van der Waals surface area contributed by atoms with Gasteiger partial charge in [0.15, 0.2) is 5.13 Å². The number of carbonyl (C=O) groups excluding carboxylic acids is 1. The zero-order valence-corrected chi connectivity index (χ0v) is 15.3. The Labute approximate surface area is 155 Å². The largest absolute Gasteiger partial charge is 0.416 e. The lowest BCUT2D eigenvalue weighted by molar-refractivity contribution is -0.137. The molecule has 0 saturated heterocycles. The molecule has 0 aliphatic carbocycles. The van der Waals surface area contributed by atoms with Crippen molar-refractivity contribution in [3.8, 4) is 0 Å². The Morgan fingerprint density at radius 1 is 1.27 bits per heavy atom. The molecule has 1 aliphatic heterocycles. The molecular weight excluding hydrogens is 383 g/mol. The minimum atomic E-state index is -4.40. The van der Waals surface area contributed by atoms with Gasteiger partial charge < -0.3 is 4.90 Å². The van der Waals surface area contributed by atoms with Gasteiger partial charge in [0.05, 0.1) is 16.1 Å². The first kappa shape index (κ1) is 17.4. The number of fused-ring (bicyclic) bond motifs is 2. The maximum atomic E-state index is 12.8.